The largest absolute Gasteiger partial charge is 0.459 e. The molecule has 0 aromatic heterocycles. The molecule has 0 radical (unpaired) electrons. The second-order valence-corrected chi connectivity index (χ2v) is 9.05. The van der Waals surface area contributed by atoms with E-state index in [1.165, 1.54) is 0 Å². The van der Waals surface area contributed by atoms with Gasteiger partial charge < -0.3 is 4.74 Å². The van der Waals surface area contributed by atoms with Crippen molar-refractivity contribution in [1.29, 1.82) is 0 Å². The zero-order chi connectivity index (χ0) is 20.8. The minimum Gasteiger partial charge on any atom is -0.459 e. The zero-order valence-corrected chi connectivity index (χ0v) is 18.7. The lowest BCUT2D eigenvalue weighted by atomic mass is 9.77. The molecule has 28 heavy (non-hydrogen) atoms. The van der Waals surface area contributed by atoms with Crippen molar-refractivity contribution in [3.8, 4) is 0 Å². The first-order valence-corrected chi connectivity index (χ1v) is 10.8. The van der Waals surface area contributed by atoms with E-state index in [1.807, 2.05) is 64.1 Å². The summed E-state index contributed by atoms with van der Waals surface area (Å²) in [5.41, 5.74) is 0.670. The number of alkyl halides is 1. The van der Waals surface area contributed by atoms with Gasteiger partial charge >= 0.3 is 5.97 Å². The van der Waals surface area contributed by atoms with Gasteiger partial charge in [0.2, 0.25) is 0 Å². The van der Waals surface area contributed by atoms with Crippen LogP contribution in [0.25, 0.3) is 0 Å². The average molecular weight is 445 g/mol. The molecule has 0 aliphatic carbocycles. The topological polar surface area (TPSA) is 43.4 Å². The number of carbonyl (C=O) groups excluding carboxylic acids is 2. The minimum absolute atomic E-state index is 0.0468. The number of ether oxygens (including phenoxy) is 1. The van der Waals surface area contributed by atoms with Crippen LogP contribution in [0.2, 0.25) is 0 Å². The van der Waals surface area contributed by atoms with E-state index in [2.05, 4.69) is 15.9 Å². The van der Waals surface area contributed by atoms with Gasteiger partial charge in [0.05, 0.1) is 5.41 Å². The van der Waals surface area contributed by atoms with E-state index in [1.54, 1.807) is 18.2 Å². The molecule has 0 bridgehead atoms. The normalized spacial score (nSPS) is 13.6. The first-order valence-electron chi connectivity index (χ1n) is 9.67. The third-order valence-electron chi connectivity index (χ3n) is 4.71. The van der Waals surface area contributed by atoms with E-state index in [0.717, 1.165) is 23.7 Å². The van der Waals surface area contributed by atoms with Crippen molar-refractivity contribution >= 4 is 27.7 Å². The van der Waals surface area contributed by atoms with Crippen LogP contribution in [-0.2, 0) is 14.9 Å². The fraction of sp³-hybridized carbons (Fsp3) is 0.417. The summed E-state index contributed by atoms with van der Waals surface area (Å²) in [5.74, 6) is -0.298. The molecule has 2 aromatic rings. The summed E-state index contributed by atoms with van der Waals surface area (Å²) in [7, 11) is 0. The van der Waals surface area contributed by atoms with Crippen molar-refractivity contribution in [2.75, 3.05) is 5.33 Å². The lowest BCUT2D eigenvalue weighted by Crippen LogP contribution is -2.39. The van der Waals surface area contributed by atoms with Gasteiger partial charge in [-0.15, -0.1) is 0 Å². The average Bonchev–Trinajstić information content (AvgIpc) is 2.67. The number of rotatable bonds is 8. The lowest BCUT2D eigenvalue weighted by Gasteiger charge is -2.32. The molecular formula is C24H29BrO3. The number of unbranched alkanes of at least 4 members (excludes halogenated alkanes) is 1. The second-order valence-electron chi connectivity index (χ2n) is 8.26. The van der Waals surface area contributed by atoms with E-state index < -0.39 is 11.0 Å². The fourth-order valence-electron chi connectivity index (χ4n) is 3.09. The standard InChI is InChI=1S/C24H29BrO3/c1-23(2,3)28-22(27)24(4,15-8-9-16-25)20-14-10-13-19(17-20)21(26)18-11-6-5-7-12-18/h5-7,10-14,17H,8-9,15-16H2,1-4H3. The van der Waals surface area contributed by atoms with Gasteiger partial charge in [-0.25, -0.2) is 0 Å². The minimum atomic E-state index is -0.803. The summed E-state index contributed by atoms with van der Waals surface area (Å²) < 4.78 is 5.74. The van der Waals surface area contributed by atoms with Gasteiger partial charge in [-0.05, 0) is 52.2 Å². The van der Waals surface area contributed by atoms with Crippen LogP contribution in [0.1, 0.15) is 68.4 Å². The van der Waals surface area contributed by atoms with Crippen molar-refractivity contribution < 1.29 is 14.3 Å². The molecule has 0 N–H and O–H groups in total. The third-order valence-corrected chi connectivity index (χ3v) is 5.27. The van der Waals surface area contributed by atoms with Gasteiger partial charge in [-0.2, -0.15) is 0 Å². The number of esters is 1. The summed E-state index contributed by atoms with van der Waals surface area (Å²) >= 11 is 3.45. The van der Waals surface area contributed by atoms with Crippen molar-refractivity contribution in [2.45, 2.75) is 58.0 Å². The quantitative estimate of drug-likeness (QED) is 0.214. The Kier molecular flexibility index (Phi) is 7.59. The fourth-order valence-corrected chi connectivity index (χ4v) is 3.48. The SMILES string of the molecule is CC(C)(C)OC(=O)C(C)(CCCCBr)c1cccc(C(=O)c2ccccc2)c1. The molecule has 0 fully saturated rings. The van der Waals surface area contributed by atoms with Crippen LogP contribution >= 0.6 is 15.9 Å². The molecule has 1 atom stereocenters. The van der Waals surface area contributed by atoms with E-state index in [9.17, 15) is 9.59 Å². The highest BCUT2D eigenvalue weighted by Crippen LogP contribution is 2.34. The van der Waals surface area contributed by atoms with Crippen LogP contribution in [0.5, 0.6) is 0 Å². The third kappa shape index (κ3) is 5.78. The molecule has 0 spiro atoms. The summed E-state index contributed by atoms with van der Waals surface area (Å²) in [5, 5.41) is 0.893. The van der Waals surface area contributed by atoms with E-state index in [0.29, 0.717) is 17.5 Å². The van der Waals surface area contributed by atoms with Gasteiger partial charge in [0.1, 0.15) is 5.60 Å². The number of carbonyl (C=O) groups is 2. The van der Waals surface area contributed by atoms with Crippen molar-refractivity contribution in [3.63, 3.8) is 0 Å². The Morgan fingerprint density at radius 1 is 0.893 bits per heavy atom. The highest BCUT2D eigenvalue weighted by molar-refractivity contribution is 9.09. The molecule has 0 amide bonds. The van der Waals surface area contributed by atoms with Crippen LogP contribution < -0.4 is 0 Å². The second kappa shape index (κ2) is 9.51. The molecule has 2 aromatic carbocycles. The van der Waals surface area contributed by atoms with E-state index in [4.69, 9.17) is 4.74 Å². The van der Waals surface area contributed by atoms with Crippen LogP contribution in [-0.4, -0.2) is 22.7 Å². The smallest absolute Gasteiger partial charge is 0.316 e. The number of hydrogen-bond donors (Lipinski definition) is 0. The Morgan fingerprint density at radius 2 is 1.54 bits per heavy atom. The highest BCUT2D eigenvalue weighted by atomic mass is 79.9. The van der Waals surface area contributed by atoms with Gasteiger partial charge in [0.15, 0.2) is 5.78 Å². The molecule has 0 heterocycles. The maximum Gasteiger partial charge on any atom is 0.316 e. The van der Waals surface area contributed by atoms with Crippen LogP contribution in [0.4, 0.5) is 0 Å². The number of ketones is 1. The van der Waals surface area contributed by atoms with Crippen molar-refractivity contribution in [2.24, 2.45) is 0 Å². The molecule has 0 saturated heterocycles. The van der Waals surface area contributed by atoms with Crippen LogP contribution in [0, 0.1) is 0 Å². The van der Waals surface area contributed by atoms with E-state index in [-0.39, 0.29) is 11.8 Å². The molecule has 0 aliphatic heterocycles. The Labute approximate surface area is 176 Å². The molecular weight excluding hydrogens is 416 g/mol. The first kappa shape index (κ1) is 22.4. The predicted molar refractivity (Wildman–Crippen MR) is 117 cm³/mol. The Morgan fingerprint density at radius 3 is 2.14 bits per heavy atom. The Hall–Kier alpha value is -1.94. The predicted octanol–water partition coefficient (Wildman–Crippen LogP) is 6.08. The van der Waals surface area contributed by atoms with Gasteiger partial charge in [-0.1, -0.05) is 70.9 Å². The molecule has 2 rings (SSSR count). The summed E-state index contributed by atoms with van der Waals surface area (Å²) in [6, 6.07) is 16.6. The lowest BCUT2D eigenvalue weighted by molar-refractivity contribution is -0.162. The maximum absolute atomic E-state index is 13.1. The molecule has 0 saturated carbocycles. The van der Waals surface area contributed by atoms with Gasteiger partial charge in [0, 0.05) is 16.5 Å². The first-order chi connectivity index (χ1) is 13.2. The molecule has 4 heteroatoms. The molecule has 3 nitrogen and oxygen atoms in total. The summed E-state index contributed by atoms with van der Waals surface area (Å²) in [6.07, 6.45) is 2.52. The number of halogens is 1. The van der Waals surface area contributed by atoms with Crippen LogP contribution in [0.15, 0.2) is 54.6 Å². The Balaban J connectivity index is 2.40. The Bertz CT molecular complexity index is 808. The zero-order valence-electron chi connectivity index (χ0n) is 17.1. The summed E-state index contributed by atoms with van der Waals surface area (Å²) in [4.78, 5) is 26.0. The molecule has 1 unspecified atom stereocenters. The monoisotopic (exact) mass is 444 g/mol. The van der Waals surface area contributed by atoms with Crippen LogP contribution in [0.3, 0.4) is 0 Å². The van der Waals surface area contributed by atoms with Gasteiger partial charge in [0.25, 0.3) is 0 Å². The number of hydrogen-bond acceptors (Lipinski definition) is 3. The molecule has 150 valence electrons. The maximum atomic E-state index is 13.1. The summed E-state index contributed by atoms with van der Waals surface area (Å²) in [6.45, 7) is 7.54. The highest BCUT2D eigenvalue weighted by Gasteiger charge is 2.38. The van der Waals surface area contributed by atoms with E-state index >= 15 is 0 Å². The molecule has 0 aliphatic rings. The van der Waals surface area contributed by atoms with Crippen molar-refractivity contribution in [3.05, 3.63) is 71.3 Å². The van der Waals surface area contributed by atoms with Gasteiger partial charge in [-0.3, -0.25) is 9.59 Å². The number of benzene rings is 2. The van der Waals surface area contributed by atoms with Crippen molar-refractivity contribution in [1.82, 2.24) is 0 Å².